The zero-order valence-electron chi connectivity index (χ0n) is 14.4. The summed E-state index contributed by atoms with van der Waals surface area (Å²) in [4.78, 5) is 15.6. The first kappa shape index (κ1) is 14.9. The van der Waals surface area contributed by atoms with Gasteiger partial charge < -0.3 is 9.64 Å². The molecule has 1 saturated heterocycles. The van der Waals surface area contributed by atoms with Gasteiger partial charge in [0.15, 0.2) is 0 Å². The average molecular weight is 325 g/mol. The molecule has 3 heteroatoms. The highest BCUT2D eigenvalue weighted by Crippen LogP contribution is 2.66. The molecular formula is C21H27NO2. The number of ether oxygens (including phenoxy) is 1. The van der Waals surface area contributed by atoms with Crippen LogP contribution < -0.4 is 0 Å². The predicted octanol–water partition coefficient (Wildman–Crippen LogP) is 3.38. The second-order valence-corrected chi connectivity index (χ2v) is 8.79. The Morgan fingerprint density at radius 1 is 1.00 bits per heavy atom. The summed E-state index contributed by atoms with van der Waals surface area (Å²) < 4.78 is 5.46. The molecule has 4 aliphatic carbocycles. The summed E-state index contributed by atoms with van der Waals surface area (Å²) in [5.41, 5.74) is 1.66. The van der Waals surface area contributed by atoms with Crippen molar-refractivity contribution in [3.8, 4) is 0 Å². The van der Waals surface area contributed by atoms with E-state index < -0.39 is 0 Å². The lowest BCUT2D eigenvalue weighted by molar-refractivity contribution is -0.164. The van der Waals surface area contributed by atoms with E-state index in [9.17, 15) is 4.79 Å². The summed E-state index contributed by atoms with van der Waals surface area (Å²) in [6, 6.07) is 11.1. The van der Waals surface area contributed by atoms with E-state index >= 15 is 0 Å². The minimum atomic E-state index is -0.0860. The van der Waals surface area contributed by atoms with Gasteiger partial charge in [-0.2, -0.15) is 0 Å². The Bertz CT molecular complexity index is 620. The molecule has 5 aliphatic rings. The van der Waals surface area contributed by atoms with Crippen molar-refractivity contribution in [2.45, 2.75) is 43.9 Å². The maximum absolute atomic E-state index is 13.5. The minimum Gasteiger partial charge on any atom is -0.378 e. The fourth-order valence-electron chi connectivity index (χ4n) is 6.74. The van der Waals surface area contributed by atoms with Gasteiger partial charge >= 0.3 is 0 Å². The van der Waals surface area contributed by atoms with E-state index in [1.165, 1.54) is 24.8 Å². The largest absolute Gasteiger partial charge is 0.378 e. The average Bonchev–Trinajstić information content (AvgIpc) is 2.61. The van der Waals surface area contributed by atoms with E-state index in [1.807, 2.05) is 0 Å². The van der Waals surface area contributed by atoms with Crippen LogP contribution in [0, 0.1) is 17.3 Å². The van der Waals surface area contributed by atoms with Gasteiger partial charge in [-0.3, -0.25) is 4.79 Å². The number of hydrogen-bond donors (Lipinski definition) is 0. The SMILES string of the molecule is O=C(N1CCOCC1)C12C[C@H]3C[C@H](C1)CC(c1ccccc1)(C3)C2. The Balaban J connectivity index is 1.50. The van der Waals surface area contributed by atoms with Crippen molar-refractivity contribution < 1.29 is 9.53 Å². The molecule has 6 rings (SSSR count). The van der Waals surface area contributed by atoms with E-state index in [0.717, 1.165) is 44.2 Å². The Hall–Kier alpha value is -1.35. The Kier molecular flexibility index (Phi) is 3.31. The molecule has 1 aromatic carbocycles. The van der Waals surface area contributed by atoms with Gasteiger partial charge in [0.25, 0.3) is 0 Å². The third kappa shape index (κ3) is 2.17. The maximum Gasteiger partial charge on any atom is 0.228 e. The molecule has 0 aromatic heterocycles. The number of rotatable bonds is 2. The first-order valence-electron chi connectivity index (χ1n) is 9.62. The molecule has 4 saturated carbocycles. The van der Waals surface area contributed by atoms with Crippen LogP contribution in [0.4, 0.5) is 0 Å². The normalized spacial score (nSPS) is 40.8. The Morgan fingerprint density at radius 3 is 2.33 bits per heavy atom. The summed E-state index contributed by atoms with van der Waals surface area (Å²) in [6.45, 7) is 2.99. The molecule has 0 unspecified atom stereocenters. The van der Waals surface area contributed by atoms with E-state index in [0.29, 0.717) is 19.1 Å². The number of benzene rings is 1. The van der Waals surface area contributed by atoms with Crippen LogP contribution in [0.5, 0.6) is 0 Å². The van der Waals surface area contributed by atoms with Gasteiger partial charge in [-0.05, 0) is 61.3 Å². The van der Waals surface area contributed by atoms with Crippen molar-refractivity contribution in [3.63, 3.8) is 0 Å². The minimum absolute atomic E-state index is 0.0860. The van der Waals surface area contributed by atoms with Gasteiger partial charge in [-0.15, -0.1) is 0 Å². The second-order valence-electron chi connectivity index (χ2n) is 8.79. The molecule has 1 heterocycles. The third-order valence-corrected chi connectivity index (χ3v) is 7.20. The van der Waals surface area contributed by atoms with Crippen LogP contribution in [-0.2, 0) is 14.9 Å². The topological polar surface area (TPSA) is 29.5 Å². The lowest BCUT2D eigenvalue weighted by atomic mass is 9.42. The number of morpholine rings is 1. The number of carbonyl (C=O) groups is 1. The van der Waals surface area contributed by atoms with Crippen molar-refractivity contribution in [1.29, 1.82) is 0 Å². The van der Waals surface area contributed by atoms with Crippen LogP contribution in [0.25, 0.3) is 0 Å². The summed E-state index contributed by atoms with van der Waals surface area (Å²) in [7, 11) is 0. The van der Waals surface area contributed by atoms with Crippen LogP contribution in [0.2, 0.25) is 0 Å². The highest BCUT2D eigenvalue weighted by atomic mass is 16.5. The van der Waals surface area contributed by atoms with Crippen molar-refractivity contribution in [2.24, 2.45) is 17.3 Å². The monoisotopic (exact) mass is 325 g/mol. The Morgan fingerprint density at radius 2 is 1.67 bits per heavy atom. The standard InChI is InChI=1S/C21H27NO2/c23-19(22-6-8-24-9-7-22)21-13-16-10-17(14-21)12-20(11-16,15-21)18-4-2-1-3-5-18/h1-5,16-17H,6-15H2/t16-,17-,20?,21?/m0/s1. The summed E-state index contributed by atoms with van der Waals surface area (Å²) in [6.07, 6.45) is 7.29. The summed E-state index contributed by atoms with van der Waals surface area (Å²) >= 11 is 0. The van der Waals surface area contributed by atoms with Gasteiger partial charge in [-0.1, -0.05) is 30.3 Å². The fraction of sp³-hybridized carbons (Fsp3) is 0.667. The lowest BCUT2D eigenvalue weighted by Gasteiger charge is -2.62. The first-order valence-corrected chi connectivity index (χ1v) is 9.62. The van der Waals surface area contributed by atoms with E-state index in [-0.39, 0.29) is 10.8 Å². The lowest BCUT2D eigenvalue weighted by Crippen LogP contribution is -2.60. The second kappa shape index (κ2) is 5.32. The smallest absolute Gasteiger partial charge is 0.228 e. The number of hydrogen-bond acceptors (Lipinski definition) is 2. The number of nitrogens with zero attached hydrogens (tertiary/aromatic N) is 1. The van der Waals surface area contributed by atoms with E-state index in [1.54, 1.807) is 0 Å². The van der Waals surface area contributed by atoms with Crippen molar-refractivity contribution in [2.75, 3.05) is 26.3 Å². The van der Waals surface area contributed by atoms with Gasteiger partial charge in [-0.25, -0.2) is 0 Å². The third-order valence-electron chi connectivity index (χ3n) is 7.20. The highest BCUT2D eigenvalue weighted by molar-refractivity contribution is 5.83. The van der Waals surface area contributed by atoms with Crippen molar-refractivity contribution >= 4 is 5.91 Å². The quantitative estimate of drug-likeness (QED) is 0.834. The molecule has 24 heavy (non-hydrogen) atoms. The molecule has 0 N–H and O–H groups in total. The van der Waals surface area contributed by atoms with Gasteiger partial charge in [0.2, 0.25) is 5.91 Å². The molecule has 0 radical (unpaired) electrons. The molecule has 1 amide bonds. The molecule has 2 atom stereocenters. The highest BCUT2D eigenvalue weighted by Gasteiger charge is 2.61. The maximum atomic E-state index is 13.5. The summed E-state index contributed by atoms with van der Waals surface area (Å²) in [5.74, 6) is 1.94. The molecular weight excluding hydrogens is 298 g/mol. The van der Waals surface area contributed by atoms with Crippen LogP contribution in [0.1, 0.15) is 44.1 Å². The molecule has 1 aliphatic heterocycles. The summed E-state index contributed by atoms with van der Waals surface area (Å²) in [5, 5.41) is 0. The van der Waals surface area contributed by atoms with Crippen LogP contribution in [0.15, 0.2) is 30.3 Å². The van der Waals surface area contributed by atoms with E-state index in [2.05, 4.69) is 35.2 Å². The Labute approximate surface area is 144 Å². The molecule has 5 fully saturated rings. The van der Waals surface area contributed by atoms with Crippen molar-refractivity contribution in [1.82, 2.24) is 4.90 Å². The zero-order chi connectivity index (χ0) is 16.2. The molecule has 4 bridgehead atoms. The van der Waals surface area contributed by atoms with E-state index in [4.69, 9.17) is 4.74 Å². The molecule has 1 aromatic rings. The number of carbonyl (C=O) groups excluding carboxylic acids is 1. The van der Waals surface area contributed by atoms with Crippen LogP contribution in [-0.4, -0.2) is 37.1 Å². The van der Waals surface area contributed by atoms with Gasteiger partial charge in [0.05, 0.1) is 18.6 Å². The van der Waals surface area contributed by atoms with Gasteiger partial charge in [0.1, 0.15) is 0 Å². The van der Waals surface area contributed by atoms with Crippen LogP contribution >= 0.6 is 0 Å². The molecule has 128 valence electrons. The molecule has 0 spiro atoms. The van der Waals surface area contributed by atoms with Gasteiger partial charge in [0, 0.05) is 13.1 Å². The molecule has 3 nitrogen and oxygen atoms in total. The fourth-order valence-corrected chi connectivity index (χ4v) is 6.74. The zero-order valence-corrected chi connectivity index (χ0v) is 14.4. The first-order chi connectivity index (χ1) is 11.7. The van der Waals surface area contributed by atoms with Crippen LogP contribution in [0.3, 0.4) is 0 Å². The predicted molar refractivity (Wildman–Crippen MR) is 92.6 cm³/mol. The van der Waals surface area contributed by atoms with Crippen molar-refractivity contribution in [3.05, 3.63) is 35.9 Å². The number of amides is 1.